The maximum absolute atomic E-state index is 12.5. The molecule has 0 radical (unpaired) electrons. The Balaban J connectivity index is 1.68. The SMILES string of the molecule is CC(C)(C)[C@@H](Cn1ccnc1)NC(=O)Cn1cc2ccccc2n1. The third-order valence-corrected chi connectivity index (χ3v) is 4.10. The molecule has 0 saturated heterocycles. The van der Waals surface area contributed by atoms with Gasteiger partial charge in [-0.15, -0.1) is 0 Å². The minimum atomic E-state index is -0.0608. The Kier molecular flexibility index (Phi) is 4.38. The number of nitrogens with zero attached hydrogens (tertiary/aromatic N) is 4. The first-order valence-electron chi connectivity index (χ1n) is 8.09. The molecule has 0 spiro atoms. The van der Waals surface area contributed by atoms with E-state index in [1.54, 1.807) is 17.2 Å². The molecule has 126 valence electrons. The number of nitrogens with one attached hydrogen (secondary N) is 1. The molecule has 0 bridgehead atoms. The summed E-state index contributed by atoms with van der Waals surface area (Å²) in [5.41, 5.74) is 0.838. The lowest BCUT2D eigenvalue weighted by molar-refractivity contribution is -0.123. The van der Waals surface area contributed by atoms with Gasteiger partial charge in [0.05, 0.1) is 17.9 Å². The number of carbonyl (C=O) groups is 1. The highest BCUT2D eigenvalue weighted by Gasteiger charge is 2.26. The Morgan fingerprint density at radius 2 is 2.08 bits per heavy atom. The van der Waals surface area contributed by atoms with E-state index in [0.717, 1.165) is 10.9 Å². The van der Waals surface area contributed by atoms with E-state index < -0.39 is 0 Å². The van der Waals surface area contributed by atoms with Crippen molar-refractivity contribution in [1.29, 1.82) is 0 Å². The molecular weight excluding hydrogens is 302 g/mol. The molecule has 0 aliphatic heterocycles. The monoisotopic (exact) mass is 325 g/mol. The molecule has 0 fully saturated rings. The molecule has 6 nitrogen and oxygen atoms in total. The van der Waals surface area contributed by atoms with Gasteiger partial charge >= 0.3 is 0 Å². The third kappa shape index (κ3) is 3.82. The fraction of sp³-hybridized carbons (Fsp3) is 0.389. The van der Waals surface area contributed by atoms with Gasteiger partial charge in [-0.25, -0.2) is 4.98 Å². The van der Waals surface area contributed by atoms with Crippen LogP contribution in [0.1, 0.15) is 20.8 Å². The lowest BCUT2D eigenvalue weighted by atomic mass is 9.86. The van der Waals surface area contributed by atoms with E-state index in [9.17, 15) is 4.79 Å². The maximum atomic E-state index is 12.5. The average molecular weight is 325 g/mol. The molecule has 2 heterocycles. The molecule has 24 heavy (non-hydrogen) atoms. The first-order chi connectivity index (χ1) is 11.4. The van der Waals surface area contributed by atoms with Crippen LogP contribution in [-0.4, -0.2) is 31.3 Å². The van der Waals surface area contributed by atoms with Crippen LogP contribution in [0.4, 0.5) is 0 Å². The van der Waals surface area contributed by atoms with E-state index in [2.05, 4.69) is 36.2 Å². The van der Waals surface area contributed by atoms with Crippen LogP contribution in [0.2, 0.25) is 0 Å². The summed E-state index contributed by atoms with van der Waals surface area (Å²) in [6.45, 7) is 7.27. The van der Waals surface area contributed by atoms with Crippen molar-refractivity contribution < 1.29 is 4.79 Å². The molecule has 0 aliphatic rings. The van der Waals surface area contributed by atoms with Gasteiger partial charge in [0.1, 0.15) is 6.54 Å². The zero-order chi connectivity index (χ0) is 17.2. The van der Waals surface area contributed by atoms with Crippen molar-refractivity contribution in [3.8, 4) is 0 Å². The first kappa shape index (κ1) is 16.2. The second-order valence-electron chi connectivity index (χ2n) is 7.13. The van der Waals surface area contributed by atoms with Crippen LogP contribution in [0.3, 0.4) is 0 Å². The van der Waals surface area contributed by atoms with E-state index in [1.807, 2.05) is 41.2 Å². The zero-order valence-corrected chi connectivity index (χ0v) is 14.3. The second-order valence-corrected chi connectivity index (χ2v) is 7.13. The Bertz CT molecular complexity index is 780. The lowest BCUT2D eigenvalue weighted by Gasteiger charge is -2.31. The van der Waals surface area contributed by atoms with Crippen molar-refractivity contribution in [2.75, 3.05) is 0 Å². The number of hydrogen-bond acceptors (Lipinski definition) is 3. The molecule has 3 rings (SSSR count). The van der Waals surface area contributed by atoms with Crippen LogP contribution in [0.15, 0.2) is 49.2 Å². The predicted octanol–water partition coefficient (Wildman–Crippen LogP) is 2.46. The van der Waals surface area contributed by atoms with Gasteiger partial charge in [0.15, 0.2) is 0 Å². The quantitative estimate of drug-likeness (QED) is 0.784. The van der Waals surface area contributed by atoms with Crippen molar-refractivity contribution in [2.45, 2.75) is 39.9 Å². The van der Waals surface area contributed by atoms with Gasteiger partial charge < -0.3 is 9.88 Å². The van der Waals surface area contributed by atoms with Gasteiger partial charge in [-0.2, -0.15) is 5.10 Å². The molecule has 0 saturated carbocycles. The van der Waals surface area contributed by atoms with Crippen LogP contribution in [-0.2, 0) is 17.9 Å². The van der Waals surface area contributed by atoms with Gasteiger partial charge in [-0.05, 0) is 11.5 Å². The number of carbonyl (C=O) groups excluding carboxylic acids is 1. The number of benzene rings is 1. The first-order valence-corrected chi connectivity index (χ1v) is 8.09. The van der Waals surface area contributed by atoms with Crippen molar-refractivity contribution >= 4 is 16.8 Å². The Morgan fingerprint density at radius 1 is 1.29 bits per heavy atom. The molecular formula is C18H23N5O. The highest BCUT2D eigenvalue weighted by molar-refractivity contribution is 5.79. The molecule has 1 atom stereocenters. The fourth-order valence-corrected chi connectivity index (χ4v) is 2.63. The summed E-state index contributed by atoms with van der Waals surface area (Å²) < 4.78 is 3.68. The number of rotatable bonds is 5. The van der Waals surface area contributed by atoms with Crippen molar-refractivity contribution in [3.05, 3.63) is 49.2 Å². The predicted molar refractivity (Wildman–Crippen MR) is 93.3 cm³/mol. The van der Waals surface area contributed by atoms with Crippen LogP contribution < -0.4 is 5.32 Å². The summed E-state index contributed by atoms with van der Waals surface area (Å²) in [6.07, 6.45) is 7.32. The van der Waals surface area contributed by atoms with Crippen LogP contribution in [0, 0.1) is 5.41 Å². The molecule has 3 aromatic rings. The number of imidazole rings is 1. The number of aromatic nitrogens is 4. The van der Waals surface area contributed by atoms with Crippen molar-refractivity contribution in [2.24, 2.45) is 5.41 Å². The minimum Gasteiger partial charge on any atom is -0.349 e. The number of hydrogen-bond donors (Lipinski definition) is 1. The maximum Gasteiger partial charge on any atom is 0.242 e. The topological polar surface area (TPSA) is 64.7 Å². The smallest absolute Gasteiger partial charge is 0.242 e. The Hall–Kier alpha value is -2.63. The third-order valence-electron chi connectivity index (χ3n) is 4.10. The van der Waals surface area contributed by atoms with Crippen molar-refractivity contribution in [3.63, 3.8) is 0 Å². The highest BCUT2D eigenvalue weighted by Crippen LogP contribution is 2.21. The van der Waals surface area contributed by atoms with Gasteiger partial charge in [0.25, 0.3) is 0 Å². The molecule has 1 aromatic carbocycles. The van der Waals surface area contributed by atoms with Crippen LogP contribution >= 0.6 is 0 Å². The summed E-state index contributed by atoms with van der Waals surface area (Å²) in [4.78, 5) is 16.5. The number of fused-ring (bicyclic) bond motifs is 1. The van der Waals surface area contributed by atoms with Gasteiger partial charge in [-0.1, -0.05) is 39.0 Å². The summed E-state index contributed by atoms with van der Waals surface area (Å²) in [7, 11) is 0. The fourth-order valence-electron chi connectivity index (χ4n) is 2.63. The van der Waals surface area contributed by atoms with Gasteiger partial charge in [-0.3, -0.25) is 9.48 Å². The van der Waals surface area contributed by atoms with Gasteiger partial charge in [0, 0.05) is 30.5 Å². The number of amides is 1. The average Bonchev–Trinajstić information content (AvgIpc) is 3.13. The summed E-state index contributed by atoms with van der Waals surface area (Å²) in [5, 5.41) is 8.62. The summed E-state index contributed by atoms with van der Waals surface area (Å²) in [5.74, 6) is -0.0390. The van der Waals surface area contributed by atoms with Crippen LogP contribution in [0.25, 0.3) is 10.9 Å². The molecule has 2 aromatic heterocycles. The molecule has 0 aliphatic carbocycles. The van der Waals surface area contributed by atoms with E-state index in [0.29, 0.717) is 6.54 Å². The highest BCUT2D eigenvalue weighted by atomic mass is 16.2. The normalized spacial score (nSPS) is 13.1. The lowest BCUT2D eigenvalue weighted by Crippen LogP contribution is -2.47. The minimum absolute atomic E-state index is 0.00387. The molecule has 1 N–H and O–H groups in total. The summed E-state index contributed by atoms with van der Waals surface area (Å²) in [6, 6.07) is 7.86. The second kappa shape index (κ2) is 6.47. The van der Waals surface area contributed by atoms with E-state index in [1.165, 1.54) is 0 Å². The van der Waals surface area contributed by atoms with E-state index in [-0.39, 0.29) is 23.9 Å². The van der Waals surface area contributed by atoms with Crippen LogP contribution in [0.5, 0.6) is 0 Å². The van der Waals surface area contributed by atoms with Gasteiger partial charge in [0.2, 0.25) is 5.91 Å². The zero-order valence-electron chi connectivity index (χ0n) is 14.3. The standard InChI is InChI=1S/C18H23N5O/c1-18(2,3)16(11-22-9-8-19-13-22)20-17(24)12-23-10-14-6-4-5-7-15(14)21-23/h4-10,13,16H,11-12H2,1-3H3,(H,20,24)/t16-/m1/s1. The van der Waals surface area contributed by atoms with E-state index in [4.69, 9.17) is 0 Å². The summed E-state index contributed by atoms with van der Waals surface area (Å²) >= 11 is 0. The molecule has 0 unspecified atom stereocenters. The van der Waals surface area contributed by atoms with E-state index >= 15 is 0 Å². The molecule has 1 amide bonds. The Morgan fingerprint density at radius 3 is 2.75 bits per heavy atom. The van der Waals surface area contributed by atoms with Crippen molar-refractivity contribution in [1.82, 2.24) is 24.6 Å². The molecule has 6 heteroatoms. The Labute approximate surface area is 141 Å². The largest absolute Gasteiger partial charge is 0.349 e.